The first kappa shape index (κ1) is 52.9. The molecule has 16 nitrogen and oxygen atoms in total. The van der Waals surface area contributed by atoms with Gasteiger partial charge in [-0.25, -0.2) is 0 Å². The van der Waals surface area contributed by atoms with Crippen molar-refractivity contribution in [2.24, 2.45) is 34.6 Å². The lowest BCUT2D eigenvalue weighted by molar-refractivity contribution is -0.249. The van der Waals surface area contributed by atoms with Crippen LogP contribution in [0.2, 0.25) is 0 Å². The van der Waals surface area contributed by atoms with Crippen molar-refractivity contribution in [3.05, 3.63) is 100 Å². The molecule has 2 saturated heterocycles. The third-order valence-corrected chi connectivity index (χ3v) is 16.1. The number of aliphatic hydroxyl groups is 2. The predicted octanol–water partition coefficient (Wildman–Crippen LogP) is 6.59. The number of nitrogens with zero attached hydrogens (tertiary/aromatic N) is 4. The van der Waals surface area contributed by atoms with Gasteiger partial charge in [0.2, 0.25) is 5.78 Å². The summed E-state index contributed by atoms with van der Waals surface area (Å²) >= 11 is 0. The number of aliphatic imine (C=N–C) groups is 1. The van der Waals surface area contributed by atoms with Gasteiger partial charge in [-0.15, -0.1) is 0 Å². The highest BCUT2D eigenvalue weighted by Gasteiger charge is 2.54. The minimum atomic E-state index is -1.94. The van der Waals surface area contributed by atoms with Gasteiger partial charge in [0.1, 0.15) is 22.9 Å². The molecule has 2 fully saturated rings. The van der Waals surface area contributed by atoms with Crippen LogP contribution < -0.4 is 20.3 Å². The van der Waals surface area contributed by atoms with Crippen LogP contribution in [0.1, 0.15) is 113 Å². The molecule has 2 aromatic rings. The Morgan fingerprint density at radius 1 is 0.903 bits per heavy atom. The lowest BCUT2D eigenvalue weighted by atomic mass is 9.78. The molecular formula is C56H76N6O10. The monoisotopic (exact) mass is 993 g/mol. The Labute approximate surface area is 424 Å². The number of allylic oxidation sites excluding steroid dienone is 4. The average molecular weight is 993 g/mol. The SMILES string of the molecule is CO[C@H]1/C=C/OC2(C)Oc3c(C)c(O)c4c(c3C2=O)C2=NC3(CCN(CC(C)C)CC3)NC2=C(NC(=O)/C(C)=C\C=C\[C@H](C)[C@H](O)[C@@H](C)[C@@H](O)[C@@H](C)[C@H](ON2CCC(N(C)c3ccccc3)CC2)[C@@H]1C)C4=O. The Balaban J connectivity index is 1.16. The van der Waals surface area contributed by atoms with E-state index in [-0.39, 0.29) is 50.7 Å². The number of ketones is 2. The van der Waals surface area contributed by atoms with E-state index in [4.69, 9.17) is 24.0 Å². The molecule has 6 heterocycles. The largest absolute Gasteiger partial charge is 0.507 e. The highest BCUT2D eigenvalue weighted by molar-refractivity contribution is 6.34. The fourth-order valence-corrected chi connectivity index (χ4v) is 11.4. The fraction of sp³-hybridized carbons (Fsp3) is 0.571. The maximum absolute atomic E-state index is 15.0. The quantitative estimate of drug-likeness (QED) is 0.200. The van der Waals surface area contributed by atoms with Crippen molar-refractivity contribution in [1.82, 2.24) is 20.6 Å². The summed E-state index contributed by atoms with van der Waals surface area (Å²) in [6.45, 7) is 20.3. The second-order valence-corrected chi connectivity index (χ2v) is 21.6. The molecule has 72 heavy (non-hydrogen) atoms. The Morgan fingerprint density at radius 3 is 2.24 bits per heavy atom. The number of likely N-dealkylation sites (tertiary alicyclic amines) is 1. The number of anilines is 1. The number of rotatable bonds is 7. The van der Waals surface area contributed by atoms with Gasteiger partial charge >= 0.3 is 5.79 Å². The Kier molecular flexibility index (Phi) is 15.6. The molecule has 0 aromatic heterocycles. The minimum Gasteiger partial charge on any atom is -0.507 e. The summed E-state index contributed by atoms with van der Waals surface area (Å²) in [5.74, 6) is -5.61. The first-order valence-electron chi connectivity index (χ1n) is 25.8. The van der Waals surface area contributed by atoms with Gasteiger partial charge in [0.25, 0.3) is 11.7 Å². The molecule has 16 heteroatoms. The Hall–Kier alpha value is -5.36. The van der Waals surface area contributed by atoms with E-state index in [0.29, 0.717) is 37.9 Å². The number of hydrogen-bond donors (Lipinski definition) is 5. The molecule has 1 unspecified atom stereocenters. The fourth-order valence-electron chi connectivity index (χ4n) is 11.4. The van der Waals surface area contributed by atoms with Gasteiger partial charge in [0.05, 0.1) is 53.2 Å². The van der Waals surface area contributed by atoms with Gasteiger partial charge in [0.15, 0.2) is 0 Å². The molecule has 0 saturated carbocycles. The van der Waals surface area contributed by atoms with Gasteiger partial charge in [-0.3, -0.25) is 24.2 Å². The number of hydrogen-bond acceptors (Lipinski definition) is 15. The second kappa shape index (κ2) is 21.2. The van der Waals surface area contributed by atoms with Crippen LogP contribution in [0.3, 0.4) is 0 Å². The highest BCUT2D eigenvalue weighted by Crippen LogP contribution is 2.50. The van der Waals surface area contributed by atoms with Gasteiger partial charge in [-0.1, -0.05) is 78.0 Å². The molecule has 2 aromatic carbocycles. The number of fused-ring (bicyclic) bond motifs is 13. The molecule has 390 valence electrons. The first-order valence-corrected chi connectivity index (χ1v) is 25.8. The lowest BCUT2D eigenvalue weighted by Crippen LogP contribution is -2.50. The van der Waals surface area contributed by atoms with Crippen LogP contribution in [-0.2, 0) is 19.1 Å². The number of phenolic OH excluding ortho intramolecular Hbond substituents is 1. The number of aromatic hydroxyl groups is 1. The number of carbonyl (C=O) groups excluding carboxylic acids is 3. The normalized spacial score (nSPS) is 32.3. The number of piperidine rings is 2. The minimum absolute atomic E-state index is 0.0510. The number of amides is 1. The van der Waals surface area contributed by atoms with Crippen LogP contribution in [-0.4, -0.2) is 137 Å². The molecule has 7 aliphatic rings. The maximum Gasteiger partial charge on any atom is 0.312 e. The summed E-state index contributed by atoms with van der Waals surface area (Å²) in [5, 5.41) is 44.2. The smallest absolute Gasteiger partial charge is 0.312 e. The van der Waals surface area contributed by atoms with Crippen molar-refractivity contribution in [2.75, 3.05) is 51.8 Å². The van der Waals surface area contributed by atoms with E-state index in [1.54, 1.807) is 45.3 Å². The number of hydroxylamine groups is 2. The van der Waals surface area contributed by atoms with Gasteiger partial charge in [-0.05, 0) is 50.8 Å². The maximum atomic E-state index is 15.0. The Morgan fingerprint density at radius 2 is 1.58 bits per heavy atom. The van der Waals surface area contributed by atoms with Gasteiger partial charge in [-0.2, -0.15) is 5.06 Å². The number of benzene rings is 2. The van der Waals surface area contributed by atoms with Crippen molar-refractivity contribution < 1.29 is 48.8 Å². The number of methoxy groups -OCH3 is 1. The number of phenols is 1. The summed E-state index contributed by atoms with van der Waals surface area (Å²) < 4.78 is 18.8. The summed E-state index contributed by atoms with van der Waals surface area (Å²) in [5.41, 5.74) is 1.18. The molecule has 1 aliphatic carbocycles. The van der Waals surface area contributed by atoms with Crippen molar-refractivity contribution in [2.45, 2.75) is 130 Å². The molecule has 0 radical (unpaired) electrons. The van der Waals surface area contributed by atoms with Gasteiger partial charge in [0, 0.05) is 119 Å². The number of para-hydroxylation sites is 1. The van der Waals surface area contributed by atoms with Crippen LogP contribution in [0.15, 0.2) is 82.9 Å². The van der Waals surface area contributed by atoms with E-state index >= 15 is 0 Å². The third-order valence-electron chi connectivity index (χ3n) is 16.1. The zero-order valence-corrected chi connectivity index (χ0v) is 43.9. The van der Waals surface area contributed by atoms with Crippen LogP contribution in [0.25, 0.3) is 0 Å². The van der Waals surface area contributed by atoms with E-state index in [0.717, 1.165) is 38.2 Å². The first-order chi connectivity index (χ1) is 34.2. The van der Waals surface area contributed by atoms with Crippen molar-refractivity contribution in [3.63, 3.8) is 0 Å². The van der Waals surface area contributed by atoms with Crippen molar-refractivity contribution in [3.8, 4) is 11.5 Å². The zero-order valence-electron chi connectivity index (χ0n) is 43.9. The summed E-state index contributed by atoms with van der Waals surface area (Å²) in [4.78, 5) is 60.8. The van der Waals surface area contributed by atoms with Crippen LogP contribution >= 0.6 is 0 Å². The molecule has 9 rings (SSSR count). The zero-order chi connectivity index (χ0) is 52.0. The van der Waals surface area contributed by atoms with E-state index < -0.39 is 82.8 Å². The standard InChI is InChI=1S/C56H76N6O10/c1-31(2)30-61-27-23-56(24-28-61)58-44-41-42-49(65)37(8)52-43(41)53(67)55(9,71-52)70-29-22-40(69-11)34(5)51(72-62-25-20-39(21-26-62)60(10)38-18-13-12-14-19-38)36(7)48(64)35(6)47(63)32(3)16-15-17-33(4)54(68)57-46(50(42)66)45(44)59-56/h12-19,22,29,31-32,34-36,39-40,47-48,51,59,63-65H,20-21,23-28,30H2,1-11H3,(H,57,68)/b16-15+,29-22+,33-17-/t32-,34+,35+,36+,40-,47-,48+,51+,55?/m0/s1. The lowest BCUT2D eigenvalue weighted by Gasteiger charge is -2.43. The van der Waals surface area contributed by atoms with E-state index in [1.807, 2.05) is 51.0 Å². The second-order valence-electron chi connectivity index (χ2n) is 21.6. The number of carbonyl (C=O) groups is 3. The number of aliphatic hydroxyl groups excluding tert-OH is 2. The van der Waals surface area contributed by atoms with E-state index in [9.17, 15) is 29.7 Å². The summed E-state index contributed by atoms with van der Waals surface area (Å²) in [6, 6.07) is 10.6. The Bertz CT molecular complexity index is 2540. The highest BCUT2D eigenvalue weighted by atomic mass is 16.7. The van der Waals surface area contributed by atoms with E-state index in [2.05, 4.69) is 53.5 Å². The molecule has 5 bridgehead atoms. The number of Topliss-reactive ketones (excluding diaryl/α,β-unsaturated/α-hetero) is 2. The number of ether oxygens (including phenoxy) is 3. The van der Waals surface area contributed by atoms with Crippen LogP contribution in [0.4, 0.5) is 5.69 Å². The van der Waals surface area contributed by atoms with Crippen LogP contribution in [0.5, 0.6) is 11.5 Å². The van der Waals surface area contributed by atoms with Gasteiger partial charge < -0.3 is 50.0 Å². The predicted molar refractivity (Wildman–Crippen MR) is 276 cm³/mol. The average Bonchev–Trinajstić information content (AvgIpc) is 3.87. The van der Waals surface area contributed by atoms with Crippen molar-refractivity contribution >= 4 is 28.9 Å². The molecule has 9 atom stereocenters. The molecule has 1 spiro atoms. The molecule has 1 amide bonds. The number of nitrogens with one attached hydrogen (secondary N) is 2. The topological polar surface area (TPSA) is 195 Å². The van der Waals surface area contributed by atoms with Crippen LogP contribution in [0, 0.1) is 36.5 Å². The van der Waals surface area contributed by atoms with E-state index in [1.165, 1.54) is 13.2 Å². The molecular weight excluding hydrogens is 917 g/mol. The molecule has 5 N–H and O–H groups in total. The molecule has 6 aliphatic heterocycles. The summed E-state index contributed by atoms with van der Waals surface area (Å²) in [7, 11) is 3.69. The third kappa shape index (κ3) is 10.1. The van der Waals surface area contributed by atoms with Crippen molar-refractivity contribution in [1.29, 1.82) is 0 Å². The summed E-state index contributed by atoms with van der Waals surface area (Å²) in [6.07, 6.45) is 7.73.